The van der Waals surface area contributed by atoms with Crippen LogP contribution in [0.15, 0.2) is 42.8 Å². The Kier molecular flexibility index (Phi) is 1.87. The summed E-state index contributed by atoms with van der Waals surface area (Å²) in [5, 5.41) is 2.38. The van der Waals surface area contributed by atoms with E-state index in [0.717, 1.165) is 5.22 Å². The summed E-state index contributed by atoms with van der Waals surface area (Å²) < 4.78 is 0. The Morgan fingerprint density at radius 1 is 0.833 bits per heavy atom. The van der Waals surface area contributed by atoms with Gasteiger partial charge in [-0.25, -0.2) is 0 Å². The highest BCUT2D eigenvalue weighted by atomic mass is 14.6. The minimum atomic E-state index is 1.16. The summed E-state index contributed by atoms with van der Waals surface area (Å²) in [7, 11) is 0. The zero-order valence-corrected chi connectivity index (χ0v) is 6.64. The van der Waals surface area contributed by atoms with Gasteiger partial charge in [-0.1, -0.05) is 36.5 Å². The molecule has 0 fully saturated rings. The largest absolute Gasteiger partial charge is 0.264 e. The molecule has 0 spiro atoms. The van der Waals surface area contributed by atoms with Crippen LogP contribution < -0.4 is 10.4 Å². The lowest BCUT2D eigenvalue weighted by Crippen LogP contribution is -2.24. The van der Waals surface area contributed by atoms with Gasteiger partial charge in [-0.3, -0.25) is 4.98 Å². The van der Waals surface area contributed by atoms with Crippen molar-refractivity contribution in [1.82, 2.24) is 4.98 Å². The van der Waals surface area contributed by atoms with Gasteiger partial charge in [-0.15, -0.1) is 0 Å². The molecule has 58 valence electrons. The zero-order valence-electron chi connectivity index (χ0n) is 6.64. The van der Waals surface area contributed by atoms with E-state index in [4.69, 9.17) is 0 Å². The van der Waals surface area contributed by atoms with Crippen molar-refractivity contribution in [2.75, 3.05) is 0 Å². The number of nitrogens with zero attached hydrogens (tertiary/aromatic N) is 1. The number of hydrogen-bond acceptors (Lipinski definition) is 1. The van der Waals surface area contributed by atoms with Crippen LogP contribution in [0.2, 0.25) is 0 Å². The molecule has 0 amide bonds. The molecule has 1 heteroatoms. The average Bonchev–Trinajstić information content (AvgIpc) is 2.06. The molecule has 0 radical (unpaired) electrons. The summed E-state index contributed by atoms with van der Waals surface area (Å²) >= 11 is 0. The Morgan fingerprint density at radius 3 is 2.42 bits per heavy atom. The predicted molar refractivity (Wildman–Crippen MR) is 50.7 cm³/mol. The van der Waals surface area contributed by atoms with Gasteiger partial charge in [0.25, 0.3) is 0 Å². The highest BCUT2D eigenvalue weighted by Gasteiger charge is 1.82. The van der Waals surface area contributed by atoms with Crippen LogP contribution in [0.25, 0.3) is 12.2 Å². The van der Waals surface area contributed by atoms with Gasteiger partial charge >= 0.3 is 0 Å². The Hall–Kier alpha value is -1.63. The SMILES string of the molecule is C1=C\C=c2\cncc\c2=C/C=C/1. The molecule has 1 heterocycles. The van der Waals surface area contributed by atoms with Crippen LogP contribution in [0.1, 0.15) is 0 Å². The van der Waals surface area contributed by atoms with E-state index in [1.54, 1.807) is 0 Å². The minimum Gasteiger partial charge on any atom is -0.264 e. The quantitative estimate of drug-likeness (QED) is 0.539. The summed E-state index contributed by atoms with van der Waals surface area (Å²) in [5.74, 6) is 0. The van der Waals surface area contributed by atoms with Crippen molar-refractivity contribution in [3.63, 3.8) is 0 Å². The molecule has 0 bridgehead atoms. The monoisotopic (exact) mass is 155 g/mol. The maximum atomic E-state index is 4.06. The van der Waals surface area contributed by atoms with Crippen molar-refractivity contribution in [3.05, 3.63) is 53.2 Å². The maximum Gasteiger partial charge on any atom is 0.0346 e. The number of allylic oxidation sites excluding steroid dienone is 4. The van der Waals surface area contributed by atoms with Gasteiger partial charge < -0.3 is 0 Å². The Balaban J connectivity index is 2.80. The Morgan fingerprint density at radius 2 is 1.58 bits per heavy atom. The van der Waals surface area contributed by atoms with Gasteiger partial charge in [0, 0.05) is 12.4 Å². The topological polar surface area (TPSA) is 12.9 Å². The maximum absolute atomic E-state index is 4.06. The van der Waals surface area contributed by atoms with Gasteiger partial charge in [0.1, 0.15) is 0 Å². The third kappa shape index (κ3) is 1.35. The highest BCUT2D eigenvalue weighted by molar-refractivity contribution is 5.46. The smallest absolute Gasteiger partial charge is 0.0346 e. The molecule has 1 nitrogen and oxygen atoms in total. The minimum absolute atomic E-state index is 1.16. The molecule has 0 aromatic carbocycles. The average molecular weight is 155 g/mol. The third-order valence-corrected chi connectivity index (χ3v) is 1.77. The lowest BCUT2D eigenvalue weighted by Gasteiger charge is -1.88. The van der Waals surface area contributed by atoms with Crippen LogP contribution >= 0.6 is 0 Å². The number of pyridine rings is 1. The van der Waals surface area contributed by atoms with Gasteiger partial charge in [0.05, 0.1) is 0 Å². The lowest BCUT2D eigenvalue weighted by atomic mass is 10.2. The standard InChI is InChI=1S/C11H9N/c1-2-4-6-11-9-12-8-7-10(11)5-3-1/h1-9H/b2-1?,3-1+,4-2-,5-3?,6-4?,10-5+,11-6-. The molecule has 1 aliphatic rings. The molecule has 1 aliphatic carbocycles. The van der Waals surface area contributed by atoms with Crippen LogP contribution in [-0.2, 0) is 0 Å². The summed E-state index contributed by atoms with van der Waals surface area (Å²) in [6.07, 6.45) is 15.9. The molecular weight excluding hydrogens is 146 g/mol. The first-order valence-corrected chi connectivity index (χ1v) is 3.92. The predicted octanol–water partition coefficient (Wildman–Crippen LogP) is 0.769. The first-order valence-electron chi connectivity index (χ1n) is 3.92. The van der Waals surface area contributed by atoms with Crippen LogP contribution in [0.3, 0.4) is 0 Å². The molecule has 12 heavy (non-hydrogen) atoms. The van der Waals surface area contributed by atoms with Crippen molar-refractivity contribution in [2.45, 2.75) is 0 Å². The highest BCUT2D eigenvalue weighted by Crippen LogP contribution is 1.82. The summed E-state index contributed by atoms with van der Waals surface area (Å²) in [4.78, 5) is 4.06. The fraction of sp³-hybridized carbons (Fsp3) is 0. The second-order valence-corrected chi connectivity index (χ2v) is 2.61. The van der Waals surface area contributed by atoms with E-state index in [-0.39, 0.29) is 0 Å². The fourth-order valence-corrected chi connectivity index (χ4v) is 1.16. The van der Waals surface area contributed by atoms with Crippen molar-refractivity contribution in [2.24, 2.45) is 0 Å². The number of aromatic nitrogens is 1. The second kappa shape index (κ2) is 3.18. The van der Waals surface area contributed by atoms with E-state index in [9.17, 15) is 0 Å². The van der Waals surface area contributed by atoms with E-state index >= 15 is 0 Å². The molecule has 0 unspecified atom stereocenters. The molecule has 0 aliphatic heterocycles. The van der Waals surface area contributed by atoms with Gasteiger partial charge in [-0.05, 0) is 16.5 Å². The first kappa shape index (κ1) is 7.04. The molecule has 0 saturated carbocycles. The molecular formula is C11H9N. The van der Waals surface area contributed by atoms with Crippen LogP contribution in [0, 0.1) is 0 Å². The molecule has 0 N–H and O–H groups in total. The van der Waals surface area contributed by atoms with Crippen molar-refractivity contribution < 1.29 is 0 Å². The molecule has 0 atom stereocenters. The molecule has 2 rings (SSSR count). The van der Waals surface area contributed by atoms with Crippen LogP contribution in [0.5, 0.6) is 0 Å². The third-order valence-electron chi connectivity index (χ3n) is 1.77. The normalized spacial score (nSPS) is 24.7. The van der Waals surface area contributed by atoms with Gasteiger partial charge in [-0.2, -0.15) is 0 Å². The van der Waals surface area contributed by atoms with Crippen LogP contribution in [0.4, 0.5) is 0 Å². The number of fused-ring (bicyclic) bond motifs is 1. The molecule has 1 aromatic rings. The van der Waals surface area contributed by atoms with E-state index in [0.29, 0.717) is 0 Å². The van der Waals surface area contributed by atoms with E-state index in [1.807, 2.05) is 42.8 Å². The first-order chi connectivity index (χ1) is 5.97. The summed E-state index contributed by atoms with van der Waals surface area (Å²) in [6.45, 7) is 0. The molecule has 0 saturated heterocycles. The second-order valence-electron chi connectivity index (χ2n) is 2.61. The van der Waals surface area contributed by atoms with Crippen LogP contribution in [-0.4, -0.2) is 4.98 Å². The van der Waals surface area contributed by atoms with Crippen molar-refractivity contribution in [1.29, 1.82) is 0 Å². The van der Waals surface area contributed by atoms with E-state index < -0.39 is 0 Å². The lowest BCUT2D eigenvalue weighted by molar-refractivity contribution is 1.27. The van der Waals surface area contributed by atoms with Gasteiger partial charge in [0.15, 0.2) is 0 Å². The van der Waals surface area contributed by atoms with E-state index in [2.05, 4.69) is 17.1 Å². The molecule has 1 aromatic heterocycles. The number of rotatable bonds is 0. The van der Waals surface area contributed by atoms with Gasteiger partial charge in [0.2, 0.25) is 0 Å². The number of hydrogen-bond donors (Lipinski definition) is 0. The fourth-order valence-electron chi connectivity index (χ4n) is 1.16. The Bertz CT molecular complexity index is 395. The Labute approximate surface area is 71.1 Å². The van der Waals surface area contributed by atoms with E-state index in [1.165, 1.54) is 5.22 Å². The van der Waals surface area contributed by atoms with Crippen molar-refractivity contribution in [3.8, 4) is 0 Å². The summed E-state index contributed by atoms with van der Waals surface area (Å²) in [5.41, 5.74) is 0. The van der Waals surface area contributed by atoms with Crippen molar-refractivity contribution >= 4 is 12.2 Å². The zero-order chi connectivity index (χ0) is 8.23. The summed E-state index contributed by atoms with van der Waals surface area (Å²) in [6, 6.07) is 2.01.